The molecular formula is C27H29ClN2O5S. The number of carbonyl (C=O) groups excluding carboxylic acids is 3. The van der Waals surface area contributed by atoms with Crippen LogP contribution in [0.3, 0.4) is 0 Å². The third-order valence-corrected chi connectivity index (χ3v) is 7.35. The second-order valence-corrected chi connectivity index (χ2v) is 10.3. The minimum Gasteiger partial charge on any atom is -0.490 e. The normalized spacial score (nSPS) is 17.7. The van der Waals surface area contributed by atoms with E-state index < -0.39 is 11.1 Å². The van der Waals surface area contributed by atoms with Crippen molar-refractivity contribution in [1.82, 2.24) is 9.80 Å². The van der Waals surface area contributed by atoms with Gasteiger partial charge in [0.1, 0.15) is 13.2 Å². The number of amides is 3. The fourth-order valence-corrected chi connectivity index (χ4v) is 5.20. The van der Waals surface area contributed by atoms with Crippen molar-refractivity contribution in [2.75, 3.05) is 26.2 Å². The van der Waals surface area contributed by atoms with Crippen LogP contribution in [0, 0.1) is 5.92 Å². The number of thioether (sulfide) groups is 1. The second kappa shape index (κ2) is 11.8. The third-order valence-electron chi connectivity index (χ3n) is 6.16. The fourth-order valence-electron chi connectivity index (χ4n) is 4.08. The number of piperidine rings is 1. The summed E-state index contributed by atoms with van der Waals surface area (Å²) in [6.45, 7) is 5.81. The molecule has 0 atom stereocenters. The zero-order valence-electron chi connectivity index (χ0n) is 20.4. The molecule has 4 rings (SSSR count). The van der Waals surface area contributed by atoms with Gasteiger partial charge in [0.05, 0.1) is 16.5 Å². The maximum absolute atomic E-state index is 13.0. The summed E-state index contributed by atoms with van der Waals surface area (Å²) in [5, 5.41) is -0.124. The summed E-state index contributed by atoms with van der Waals surface area (Å²) in [5.74, 6) is 0.752. The molecule has 0 bridgehead atoms. The van der Waals surface area contributed by atoms with Crippen LogP contribution >= 0.6 is 23.4 Å². The van der Waals surface area contributed by atoms with E-state index in [0.29, 0.717) is 54.3 Å². The summed E-state index contributed by atoms with van der Waals surface area (Å²) in [6, 6.07) is 13.1. The van der Waals surface area contributed by atoms with Gasteiger partial charge in [-0.3, -0.25) is 19.3 Å². The first kappa shape index (κ1) is 26.1. The Morgan fingerprint density at radius 1 is 1.14 bits per heavy atom. The summed E-state index contributed by atoms with van der Waals surface area (Å²) in [7, 11) is 0. The molecular weight excluding hydrogens is 500 g/mol. The van der Waals surface area contributed by atoms with E-state index in [0.717, 1.165) is 35.1 Å². The molecule has 3 amide bonds. The van der Waals surface area contributed by atoms with Crippen LogP contribution in [0.2, 0.25) is 5.02 Å². The zero-order valence-corrected chi connectivity index (χ0v) is 21.9. The Morgan fingerprint density at radius 2 is 1.86 bits per heavy atom. The molecule has 2 heterocycles. The number of carbonyl (C=O) groups is 3. The van der Waals surface area contributed by atoms with Gasteiger partial charge in [-0.1, -0.05) is 48.9 Å². The van der Waals surface area contributed by atoms with Gasteiger partial charge in [0, 0.05) is 13.1 Å². The topological polar surface area (TPSA) is 76.2 Å². The van der Waals surface area contributed by atoms with Gasteiger partial charge >= 0.3 is 0 Å². The molecule has 2 aliphatic heterocycles. The van der Waals surface area contributed by atoms with E-state index in [4.69, 9.17) is 21.1 Å². The number of rotatable bonds is 8. The molecule has 0 spiro atoms. The highest BCUT2D eigenvalue weighted by Crippen LogP contribution is 2.39. The van der Waals surface area contributed by atoms with E-state index in [1.54, 1.807) is 23.1 Å². The minimum absolute atomic E-state index is 0.202. The fraction of sp³-hybridized carbons (Fsp3) is 0.370. The van der Waals surface area contributed by atoms with Gasteiger partial charge in [-0.2, -0.15) is 0 Å². The lowest BCUT2D eigenvalue weighted by molar-refractivity contribution is -0.136. The summed E-state index contributed by atoms with van der Waals surface area (Å²) < 4.78 is 11.7. The molecule has 2 fully saturated rings. The molecule has 2 aromatic rings. The van der Waals surface area contributed by atoms with Crippen LogP contribution in [-0.2, 0) is 16.2 Å². The minimum atomic E-state index is -0.484. The molecule has 0 N–H and O–H groups in total. The quantitative estimate of drug-likeness (QED) is 0.414. The van der Waals surface area contributed by atoms with Gasteiger partial charge in [-0.15, -0.1) is 0 Å². The summed E-state index contributed by atoms with van der Waals surface area (Å²) >= 11 is 7.34. The number of likely N-dealkylation sites (tertiary alicyclic amines) is 1. The molecule has 2 aromatic carbocycles. The van der Waals surface area contributed by atoms with Crippen LogP contribution < -0.4 is 9.47 Å². The van der Waals surface area contributed by atoms with Crippen LogP contribution in [0.4, 0.5) is 4.79 Å². The predicted molar refractivity (Wildman–Crippen MR) is 141 cm³/mol. The molecule has 0 radical (unpaired) electrons. The second-order valence-electron chi connectivity index (χ2n) is 8.87. The molecule has 0 saturated carbocycles. The summed E-state index contributed by atoms with van der Waals surface area (Å²) in [5.41, 5.74) is 1.58. The molecule has 36 heavy (non-hydrogen) atoms. The number of hydrogen-bond acceptors (Lipinski definition) is 6. The van der Waals surface area contributed by atoms with Crippen LogP contribution in [0.1, 0.15) is 37.8 Å². The number of benzene rings is 2. The Balaban J connectivity index is 1.48. The highest BCUT2D eigenvalue weighted by molar-refractivity contribution is 8.18. The first-order chi connectivity index (χ1) is 17.4. The van der Waals surface area contributed by atoms with E-state index in [1.165, 1.54) is 0 Å². The van der Waals surface area contributed by atoms with Crippen molar-refractivity contribution in [3.8, 4) is 11.5 Å². The Morgan fingerprint density at radius 3 is 2.56 bits per heavy atom. The number of hydrogen-bond donors (Lipinski definition) is 0. The SMILES string of the molecule is CCOc1cc(/C=C2\SC(=O)N(CC(=O)N3CCC(C)CC3)C2=O)cc(Cl)c1OCc1ccccc1. The van der Waals surface area contributed by atoms with Crippen molar-refractivity contribution in [2.45, 2.75) is 33.3 Å². The van der Waals surface area contributed by atoms with Gasteiger partial charge in [0.25, 0.3) is 11.1 Å². The van der Waals surface area contributed by atoms with Crippen LogP contribution in [0.5, 0.6) is 11.5 Å². The van der Waals surface area contributed by atoms with Gasteiger partial charge in [-0.25, -0.2) is 0 Å². The zero-order chi connectivity index (χ0) is 25.7. The predicted octanol–water partition coefficient (Wildman–Crippen LogP) is 5.61. The van der Waals surface area contributed by atoms with Gasteiger partial charge in [-0.05, 0) is 66.8 Å². The van der Waals surface area contributed by atoms with Crippen molar-refractivity contribution >= 4 is 46.5 Å². The van der Waals surface area contributed by atoms with Gasteiger partial charge in [0.2, 0.25) is 5.91 Å². The molecule has 2 saturated heterocycles. The van der Waals surface area contributed by atoms with Crippen LogP contribution in [0.25, 0.3) is 6.08 Å². The smallest absolute Gasteiger partial charge is 0.294 e. The number of ether oxygens (including phenoxy) is 2. The molecule has 2 aliphatic rings. The van der Waals surface area contributed by atoms with Gasteiger partial charge in [0.15, 0.2) is 11.5 Å². The van der Waals surface area contributed by atoms with Crippen molar-refractivity contribution < 1.29 is 23.9 Å². The lowest BCUT2D eigenvalue weighted by Gasteiger charge is -2.31. The molecule has 0 unspecified atom stereocenters. The summed E-state index contributed by atoms with van der Waals surface area (Å²) in [4.78, 5) is 41.2. The van der Waals surface area contributed by atoms with E-state index in [2.05, 4.69) is 6.92 Å². The molecule has 190 valence electrons. The Hall–Kier alpha value is -2.97. The lowest BCUT2D eigenvalue weighted by atomic mass is 9.99. The van der Waals surface area contributed by atoms with Crippen LogP contribution in [-0.4, -0.2) is 53.1 Å². The molecule has 0 aromatic heterocycles. The van der Waals surface area contributed by atoms with E-state index in [-0.39, 0.29) is 17.4 Å². The molecule has 9 heteroatoms. The molecule has 0 aliphatic carbocycles. The number of nitrogens with zero attached hydrogens (tertiary/aromatic N) is 2. The largest absolute Gasteiger partial charge is 0.490 e. The third kappa shape index (κ3) is 6.23. The van der Waals surface area contributed by atoms with Crippen molar-refractivity contribution in [3.63, 3.8) is 0 Å². The molecule has 7 nitrogen and oxygen atoms in total. The lowest BCUT2D eigenvalue weighted by Crippen LogP contribution is -2.45. The Bertz CT molecular complexity index is 1160. The summed E-state index contributed by atoms with van der Waals surface area (Å²) in [6.07, 6.45) is 3.45. The van der Waals surface area contributed by atoms with Crippen molar-refractivity contribution in [2.24, 2.45) is 5.92 Å². The Labute approximate surface area is 220 Å². The average Bonchev–Trinajstić information content (AvgIpc) is 3.12. The van der Waals surface area contributed by atoms with E-state index >= 15 is 0 Å². The van der Waals surface area contributed by atoms with Crippen molar-refractivity contribution in [3.05, 3.63) is 63.5 Å². The standard InChI is InChI=1S/C27H29ClN2O5S/c1-3-34-22-14-20(13-21(28)25(22)35-17-19-7-5-4-6-8-19)15-23-26(32)30(27(33)36-23)16-24(31)29-11-9-18(2)10-12-29/h4-8,13-15,18H,3,9-12,16-17H2,1-2H3/b23-15-. The highest BCUT2D eigenvalue weighted by atomic mass is 35.5. The monoisotopic (exact) mass is 528 g/mol. The average molecular weight is 529 g/mol. The van der Waals surface area contributed by atoms with E-state index in [9.17, 15) is 14.4 Å². The first-order valence-corrected chi connectivity index (χ1v) is 13.2. The Kier molecular flexibility index (Phi) is 8.59. The maximum Gasteiger partial charge on any atom is 0.294 e. The first-order valence-electron chi connectivity index (χ1n) is 12.0. The van der Waals surface area contributed by atoms with Gasteiger partial charge < -0.3 is 14.4 Å². The highest BCUT2D eigenvalue weighted by Gasteiger charge is 2.37. The van der Waals surface area contributed by atoms with Crippen LogP contribution in [0.15, 0.2) is 47.4 Å². The van der Waals surface area contributed by atoms with E-state index in [1.807, 2.05) is 37.3 Å². The number of imide groups is 1. The number of halogens is 1. The van der Waals surface area contributed by atoms with Crippen molar-refractivity contribution in [1.29, 1.82) is 0 Å². The maximum atomic E-state index is 13.0.